The van der Waals surface area contributed by atoms with E-state index >= 15 is 0 Å². The quantitative estimate of drug-likeness (QED) is 0.0152. The number of aliphatic hydroxyl groups excluding tert-OH is 1. The minimum absolute atomic E-state index is 0.0350. The van der Waals surface area contributed by atoms with Crippen molar-refractivity contribution < 1.29 is 117 Å². The highest BCUT2D eigenvalue weighted by Crippen LogP contribution is 2.50. The van der Waals surface area contributed by atoms with Gasteiger partial charge in [-0.2, -0.15) is 0 Å². The van der Waals surface area contributed by atoms with Crippen molar-refractivity contribution in [3.05, 3.63) is 206 Å². The van der Waals surface area contributed by atoms with Gasteiger partial charge in [-0.1, -0.05) is 59.1 Å². The van der Waals surface area contributed by atoms with Gasteiger partial charge in [-0.3, -0.25) is 71.9 Å². The van der Waals surface area contributed by atoms with E-state index in [1.165, 1.54) is 33.2 Å². The summed E-state index contributed by atoms with van der Waals surface area (Å²) in [7, 11) is 2.79. The fourth-order valence-corrected chi connectivity index (χ4v) is 19.9. The number of carbonyl (C=O) groups excluding carboxylic acids is 15. The molecule has 11 amide bonds. The number of hydrogen-bond donors (Lipinski definition) is 11. The van der Waals surface area contributed by atoms with Crippen molar-refractivity contribution in [3.8, 4) is 0 Å². The Morgan fingerprint density at radius 3 is 0.839 bits per heavy atom. The molecule has 0 radical (unpaired) electrons. The molecule has 8 aromatic rings. The number of carbonyl (C=O) groups is 15. The zero-order chi connectivity index (χ0) is 101. The molecule has 8 aliphatic rings. The SMILES string of the molecule is Cc1ccc(NC(=O)c2c(C)c(C(=O)C(=O)NC3(C(=O)N(C)C)CC(F)(F)C3)c3n2CCC3)cc1Cl.Cc1ccc(NC(=O)c2c(C)c(C(=O)C(=O)NC3(C(N)=O)CC(F)(F)C3)c3n2CCC3)cc1Cl.Cc1ccc(NC(=O)c2c(C)c(C(=O)C(=O)NC3(C(N)=O)CC(F)(F)C3)c3n2CCC3)cc1Cl.Cc1ccc(NC(=O)c2c(C)c(C(=O)C(=O)NC3(CO)CC(F)(F)C3)c3n2CCC3)cc1F. The lowest BCUT2D eigenvalue weighted by atomic mass is 9.72. The Morgan fingerprint density at radius 2 is 0.606 bits per heavy atom. The second-order valence-corrected chi connectivity index (χ2v) is 37.7. The van der Waals surface area contributed by atoms with Crippen LogP contribution in [0.1, 0.15) is 228 Å². The lowest BCUT2D eigenvalue weighted by molar-refractivity contribution is -0.171. The fraction of sp³-hybridized carbons (Fsp3) is 0.415. The van der Waals surface area contributed by atoms with Crippen molar-refractivity contribution in [2.75, 3.05) is 42.0 Å². The monoisotopic (exact) mass is 1970 g/mol. The van der Waals surface area contributed by atoms with E-state index in [0.29, 0.717) is 144 Å². The summed E-state index contributed by atoms with van der Waals surface area (Å²) in [6, 6.07) is 19.5. The molecule has 0 bridgehead atoms. The summed E-state index contributed by atoms with van der Waals surface area (Å²) in [6.45, 7) is 14.5. The number of halogens is 12. The number of anilines is 4. The summed E-state index contributed by atoms with van der Waals surface area (Å²) in [5, 5.41) is 30.7. The van der Waals surface area contributed by atoms with Crippen LogP contribution in [-0.4, -0.2) is 183 Å². The molecule has 0 unspecified atom stereocenters. The number of rotatable bonds is 24. The van der Waals surface area contributed by atoms with Crippen LogP contribution in [0.3, 0.4) is 0 Å². The van der Waals surface area contributed by atoms with Crippen LogP contribution < -0.4 is 54.0 Å². The van der Waals surface area contributed by atoms with E-state index in [1.807, 2.05) is 20.8 Å². The number of ketones is 4. The van der Waals surface area contributed by atoms with Crippen LogP contribution >= 0.6 is 34.8 Å². The lowest BCUT2D eigenvalue weighted by Gasteiger charge is -2.47. The number of nitrogens with one attached hydrogen (secondary N) is 8. The molecule has 4 fully saturated rings. The van der Waals surface area contributed by atoms with Crippen molar-refractivity contribution in [1.82, 2.24) is 44.4 Å². The molecule has 728 valence electrons. The van der Waals surface area contributed by atoms with Gasteiger partial charge in [0.25, 0.3) is 94.1 Å². The number of alkyl halides is 8. The van der Waals surface area contributed by atoms with Gasteiger partial charge in [-0.15, -0.1) is 0 Å². The molecule has 137 heavy (non-hydrogen) atoms. The highest BCUT2D eigenvalue weighted by molar-refractivity contribution is 6.46. The zero-order valence-electron chi connectivity index (χ0n) is 75.8. The van der Waals surface area contributed by atoms with Crippen LogP contribution in [0.5, 0.6) is 0 Å². The zero-order valence-corrected chi connectivity index (χ0v) is 78.0. The number of hydrogen-bond acceptors (Lipinski definition) is 16. The fourth-order valence-electron chi connectivity index (χ4n) is 19.3. The van der Waals surface area contributed by atoms with E-state index in [4.69, 9.17) is 46.3 Å². The Labute approximate surface area is 792 Å². The largest absolute Gasteiger partial charge is 0.394 e. The molecule has 31 nitrogen and oxygen atoms in total. The van der Waals surface area contributed by atoms with Gasteiger partial charge >= 0.3 is 0 Å². The van der Waals surface area contributed by atoms with Crippen LogP contribution in [0.25, 0.3) is 0 Å². The maximum atomic E-state index is 13.9. The molecule has 4 aromatic heterocycles. The van der Waals surface area contributed by atoms with Gasteiger partial charge in [0, 0.05) is 152 Å². The number of aromatic nitrogens is 4. The molecule has 16 rings (SSSR count). The average molecular weight is 1970 g/mol. The minimum Gasteiger partial charge on any atom is -0.394 e. The summed E-state index contributed by atoms with van der Waals surface area (Å²) < 4.78 is 128. The maximum absolute atomic E-state index is 13.9. The summed E-state index contributed by atoms with van der Waals surface area (Å²) in [5.74, 6) is -26.4. The van der Waals surface area contributed by atoms with Crippen molar-refractivity contribution in [2.45, 2.75) is 230 Å². The molecular weight excluding hydrogens is 1870 g/mol. The van der Waals surface area contributed by atoms with Gasteiger partial charge in [0.05, 0.1) is 34.4 Å². The summed E-state index contributed by atoms with van der Waals surface area (Å²) in [6.07, 6.45) is -2.62. The van der Waals surface area contributed by atoms with Crippen molar-refractivity contribution in [2.24, 2.45) is 11.5 Å². The third kappa shape index (κ3) is 20.0. The van der Waals surface area contributed by atoms with Gasteiger partial charge in [-0.05, 0) is 200 Å². The van der Waals surface area contributed by atoms with Crippen molar-refractivity contribution in [3.63, 3.8) is 0 Å². The smallest absolute Gasteiger partial charge is 0.293 e. The number of primary amides is 2. The van der Waals surface area contributed by atoms with E-state index in [2.05, 4.69) is 42.5 Å². The van der Waals surface area contributed by atoms with E-state index in [1.54, 1.807) is 107 Å². The Hall–Kier alpha value is -13.0. The van der Waals surface area contributed by atoms with Crippen molar-refractivity contribution in [1.29, 1.82) is 0 Å². The number of nitrogens with zero attached hydrogens (tertiary/aromatic N) is 5. The standard InChI is InChI=1S/C25H27ClF2N4O4.2C23H23ClF2N4O4.C23H24F3N3O4/c1-13-7-8-15(10-16(13)26)29-21(34)19-14(2)18(17-6-5-9-32(17)19)20(33)22(35)30-24(23(36)31(3)4)11-25(27,28)12-24;2*1-11-5-6-13(8-14(11)24)28-19(32)17-12(2)16(15-4-3-7-30(15)17)18(31)20(33)29-22(21(27)34)9-23(25,26)10-22;1-12-5-6-14(8-15(12)24)27-20(32)18-13(2)17(16-4-3-7-29(16)18)19(31)21(33)28-22(11-30)9-23(25,26)10-22/h7-8,10H,5-6,9,11-12H2,1-4H3,(H,29,34)(H,30,35);2*5-6,8H,3-4,7,9-10H2,1-2H3,(H2,27,34)(H,28,32)(H,29,33);5-6,8,30H,3-4,7,9-11H2,1-2H3,(H,27,32)(H,28,33). The van der Waals surface area contributed by atoms with Gasteiger partial charge < -0.3 is 82.3 Å². The number of likely N-dealkylation sites (N-methyl/N-ethyl adjacent to an activating group) is 1. The Morgan fingerprint density at radius 1 is 0.365 bits per heavy atom. The predicted octanol–water partition coefficient (Wildman–Crippen LogP) is 12.2. The molecule has 13 N–H and O–H groups in total. The number of fused-ring (bicyclic) bond motifs is 4. The van der Waals surface area contributed by atoms with E-state index in [0.717, 1.165) is 21.6 Å². The molecule has 0 saturated heterocycles. The van der Waals surface area contributed by atoms with Gasteiger partial charge in [0.2, 0.25) is 17.7 Å². The number of Topliss-reactive ketones (excluding diaryl/α,β-unsaturated/α-hetero) is 4. The minimum atomic E-state index is -3.15. The van der Waals surface area contributed by atoms with Gasteiger partial charge in [0.15, 0.2) is 0 Å². The number of nitrogens with two attached hydrogens (primary N) is 2. The molecule has 0 atom stereocenters. The first-order valence-corrected chi connectivity index (χ1v) is 44.7. The third-order valence-electron chi connectivity index (χ3n) is 26.0. The summed E-state index contributed by atoms with van der Waals surface area (Å²) >= 11 is 18.4. The van der Waals surface area contributed by atoms with Crippen molar-refractivity contribution >= 4 is 146 Å². The lowest BCUT2D eigenvalue weighted by Crippen LogP contribution is -2.69. The van der Waals surface area contributed by atoms with Crippen LogP contribution in [-0.2, 0) is 85.4 Å². The highest BCUT2D eigenvalue weighted by atomic mass is 35.5. The number of amides is 11. The molecule has 4 saturated carbocycles. The Kier molecular flexibility index (Phi) is 28.0. The topological polar surface area (TPSA) is 448 Å². The summed E-state index contributed by atoms with van der Waals surface area (Å²) in [5.41, 5.74) is 12.1. The number of aliphatic hydroxyl groups is 1. The molecule has 4 aliphatic carbocycles. The van der Waals surface area contributed by atoms with E-state index in [-0.39, 0.29) is 67.4 Å². The molecular formula is C94H97Cl3F9N15O16. The van der Waals surface area contributed by atoms with Crippen LogP contribution in [0.4, 0.5) is 62.3 Å². The van der Waals surface area contributed by atoms with Gasteiger partial charge in [-0.25, -0.2) is 39.5 Å². The normalized spacial score (nSPS) is 17.4. The van der Waals surface area contributed by atoms with E-state index < -0.39 is 198 Å². The van der Waals surface area contributed by atoms with Crippen LogP contribution in [0.15, 0.2) is 72.8 Å². The second kappa shape index (κ2) is 37.9. The average Bonchev–Trinajstić information content (AvgIpc) is 1.04. The first-order chi connectivity index (χ1) is 63.9. The Bertz CT molecular complexity index is 6290. The molecule has 4 aromatic carbocycles. The van der Waals surface area contributed by atoms with E-state index in [9.17, 15) is 117 Å². The van der Waals surface area contributed by atoms with Crippen LogP contribution in [0.2, 0.25) is 15.1 Å². The highest BCUT2D eigenvalue weighted by Gasteiger charge is 2.65. The Balaban J connectivity index is 0.000000154. The number of aryl methyl sites for hydroxylation is 4. The molecule has 0 spiro atoms. The van der Waals surface area contributed by atoms with Crippen LogP contribution in [0, 0.1) is 61.2 Å². The predicted molar refractivity (Wildman–Crippen MR) is 483 cm³/mol. The maximum Gasteiger partial charge on any atom is 0.293 e. The molecule has 43 heteroatoms. The van der Waals surface area contributed by atoms with Gasteiger partial charge in [0.1, 0.15) is 45.2 Å². The first kappa shape index (κ1) is 101. The third-order valence-corrected chi connectivity index (χ3v) is 27.2. The first-order valence-electron chi connectivity index (χ1n) is 43.5. The summed E-state index contributed by atoms with van der Waals surface area (Å²) in [4.78, 5) is 193. The molecule has 4 aliphatic heterocycles. The molecule has 8 heterocycles. The second-order valence-electron chi connectivity index (χ2n) is 36.5. The number of benzene rings is 4.